The Kier molecular flexibility index (Phi) is 49.5. The number of H-pyrrole nitrogens is 1. The zero-order valence-electron chi connectivity index (χ0n) is 85.6. The number of aliphatic carboxylic acids is 1. The molecule has 1 aromatic heterocycles. The van der Waals surface area contributed by atoms with Crippen molar-refractivity contribution in [2.24, 2.45) is 46.4 Å². The highest BCUT2D eigenvalue weighted by Gasteiger charge is 2.48. The number of rotatable bonds is 61. The lowest BCUT2D eigenvalue weighted by Crippen LogP contribution is -2.61. The first-order chi connectivity index (χ1) is 71.2. The third-order valence-electron chi connectivity index (χ3n) is 26.2. The van der Waals surface area contributed by atoms with E-state index in [1.165, 1.54) is 21.6 Å². The lowest BCUT2D eigenvalue weighted by atomic mass is 9.96. The number of aromatic amines is 1. The van der Waals surface area contributed by atoms with Crippen molar-refractivity contribution in [1.82, 2.24) is 110 Å². The molecule has 4 aliphatic rings. The van der Waals surface area contributed by atoms with Crippen LogP contribution in [0, 0.1) is 23.2 Å². The van der Waals surface area contributed by atoms with Crippen LogP contribution >= 0.6 is 0 Å². The number of fused-ring (bicyclic) bond motifs is 1. The van der Waals surface area contributed by atoms with Gasteiger partial charge < -0.3 is 159 Å². The van der Waals surface area contributed by atoms with Crippen LogP contribution in [-0.2, 0) is 118 Å². The number of para-hydroxylation sites is 1. The molecule has 18 atom stereocenters. The maximum atomic E-state index is 15.2. The summed E-state index contributed by atoms with van der Waals surface area (Å²) in [6, 6.07) is -8.63. The maximum absolute atomic E-state index is 15.2. The summed E-state index contributed by atoms with van der Waals surface area (Å²) in [5.41, 5.74) is 30.0. The van der Waals surface area contributed by atoms with E-state index < -0.39 is 303 Å². The second kappa shape index (κ2) is 60.8. The number of carbonyl (C=O) groups excluding carboxylic acids is 21. The highest BCUT2D eigenvalue weighted by Crippen LogP contribution is 2.30. The SMILES string of the molecule is CC[C@H](C)[C@H](NC(=O)[C@H](Cc1ccccc1)NC(=O)[C@H](CC(C)C)NC(=O)[C@@H](N)CCCNC(=N)N)C(=O)N[C@@H](CCC(=O)O)C(=O)N[C@@H](Cc1c[nH]c2ccccc12)C(=O)N[C@@H](CC(C)C)C(=O)N[C@@H](CCCCN)C(=O)N[C@@H](CC(N)=O)C(=O)NCC(=O)NCC(=O)N1CCC[C@H]1C(=O)N[C@@H](CO)C(=O)N[C@@H](CO)C(=O)NCC(=O)N[C@@H](C)C(=O)N1CCC[C@H]1C(=O)N1CCC[C@H]1C(=O)N1CCC[C@H]1C(=O)N[C@@H](CO)C(N)=O. The van der Waals surface area contributed by atoms with E-state index in [4.69, 9.17) is 34.1 Å². The molecule has 0 radical (unpaired) electrons. The Morgan fingerprint density at radius 1 is 0.440 bits per heavy atom. The molecule has 150 heavy (non-hydrogen) atoms. The monoisotopic (exact) mass is 2110 g/mol. The highest BCUT2D eigenvalue weighted by atomic mass is 16.4. The van der Waals surface area contributed by atoms with Gasteiger partial charge in [-0.15, -0.1) is 0 Å². The Morgan fingerprint density at radius 3 is 1.45 bits per heavy atom. The number of nitrogens with zero attached hydrogens (tertiary/aromatic N) is 4. The third kappa shape index (κ3) is 37.6. The number of aliphatic hydroxyl groups excluding tert-OH is 3. The average Bonchev–Trinajstić information content (AvgIpc) is 1.64. The van der Waals surface area contributed by atoms with Gasteiger partial charge >= 0.3 is 5.97 Å². The van der Waals surface area contributed by atoms with Crippen molar-refractivity contribution in [2.45, 2.75) is 286 Å². The van der Waals surface area contributed by atoms with Gasteiger partial charge in [0.15, 0.2) is 5.96 Å². The number of hydrogen-bond donors (Lipinski definition) is 27. The van der Waals surface area contributed by atoms with Gasteiger partial charge in [0.1, 0.15) is 96.7 Å². The van der Waals surface area contributed by atoms with Crippen LogP contribution in [0.1, 0.15) is 182 Å². The third-order valence-corrected chi connectivity index (χ3v) is 26.2. The zero-order valence-corrected chi connectivity index (χ0v) is 85.6. The predicted molar refractivity (Wildman–Crippen MR) is 538 cm³/mol. The number of aromatic nitrogens is 1. The number of nitrogens with two attached hydrogens (primary N) is 5. The van der Waals surface area contributed by atoms with Gasteiger partial charge in [-0.25, -0.2) is 0 Å². The molecule has 4 fully saturated rings. The second-order valence-electron chi connectivity index (χ2n) is 38.7. The van der Waals surface area contributed by atoms with Crippen molar-refractivity contribution in [2.75, 3.05) is 78.7 Å². The first-order valence-electron chi connectivity index (χ1n) is 50.6. The second-order valence-corrected chi connectivity index (χ2v) is 38.7. The van der Waals surface area contributed by atoms with Crippen LogP contribution in [0.3, 0.4) is 0 Å². The number of primary amides is 2. The Hall–Kier alpha value is -14.6. The van der Waals surface area contributed by atoms with Crippen molar-refractivity contribution >= 4 is 147 Å². The minimum atomic E-state index is -1.84. The fourth-order valence-corrected chi connectivity index (χ4v) is 18.0. The van der Waals surface area contributed by atoms with Crippen molar-refractivity contribution in [3.8, 4) is 0 Å². The van der Waals surface area contributed by atoms with Gasteiger partial charge in [0, 0.05) is 69.1 Å². The molecule has 7 rings (SSSR count). The minimum Gasteiger partial charge on any atom is -0.481 e. The van der Waals surface area contributed by atoms with Crippen LogP contribution in [0.15, 0.2) is 60.8 Å². The van der Waals surface area contributed by atoms with E-state index >= 15 is 9.59 Å². The summed E-state index contributed by atoms with van der Waals surface area (Å²) in [7, 11) is 0. The van der Waals surface area contributed by atoms with Crippen LogP contribution in [0.4, 0.5) is 0 Å². The van der Waals surface area contributed by atoms with E-state index in [1.54, 1.807) is 88.5 Å². The Morgan fingerprint density at radius 2 is 0.893 bits per heavy atom. The average molecular weight is 2110 g/mol. The number of benzene rings is 2. The minimum absolute atomic E-state index is 0.00343. The van der Waals surface area contributed by atoms with E-state index in [2.05, 4.69) is 90.1 Å². The molecule has 0 saturated carbocycles. The lowest BCUT2D eigenvalue weighted by Gasteiger charge is -2.34. The van der Waals surface area contributed by atoms with Crippen LogP contribution in [0.5, 0.6) is 0 Å². The molecule has 0 bridgehead atoms. The van der Waals surface area contributed by atoms with Crippen LogP contribution in [0.2, 0.25) is 0 Å². The summed E-state index contributed by atoms with van der Waals surface area (Å²) in [6.07, 6.45) is 2.14. The molecule has 4 aliphatic heterocycles. The fraction of sp³-hybridized carbons (Fsp3) is 0.619. The van der Waals surface area contributed by atoms with Crippen molar-refractivity contribution in [3.05, 3.63) is 71.9 Å². The fourth-order valence-electron chi connectivity index (χ4n) is 18.0. The summed E-state index contributed by atoms with van der Waals surface area (Å²) < 4.78 is 0. The predicted octanol–water partition coefficient (Wildman–Crippen LogP) is -8.84. The summed E-state index contributed by atoms with van der Waals surface area (Å²) in [4.78, 5) is 312. The van der Waals surface area contributed by atoms with Gasteiger partial charge in [0.25, 0.3) is 0 Å². The van der Waals surface area contributed by atoms with E-state index in [1.807, 2.05) is 13.8 Å². The number of likely N-dealkylation sites (tertiary alicyclic amines) is 4. The largest absolute Gasteiger partial charge is 0.481 e. The molecule has 53 heteroatoms. The first kappa shape index (κ1) is 122. The molecule has 5 heterocycles. The summed E-state index contributed by atoms with van der Waals surface area (Å²) >= 11 is 0. The lowest BCUT2D eigenvalue weighted by molar-refractivity contribution is -0.151. The summed E-state index contributed by atoms with van der Waals surface area (Å²) in [5, 5.41) is 88.0. The van der Waals surface area contributed by atoms with Gasteiger partial charge in [-0.2, -0.15) is 0 Å². The number of nitrogens with one attached hydrogen (secondary N) is 18. The van der Waals surface area contributed by atoms with Crippen LogP contribution in [-0.4, -0.2) is 362 Å². The number of carboxylic acids is 1. The normalized spacial score (nSPS) is 18.1. The van der Waals surface area contributed by atoms with Crippen LogP contribution in [0.25, 0.3) is 10.9 Å². The van der Waals surface area contributed by atoms with Gasteiger partial charge in [-0.05, 0) is 151 Å². The highest BCUT2D eigenvalue weighted by molar-refractivity contribution is 6.03. The van der Waals surface area contributed by atoms with Gasteiger partial charge in [0.05, 0.1) is 51.9 Å². The van der Waals surface area contributed by atoms with E-state index in [9.17, 15) is 116 Å². The van der Waals surface area contributed by atoms with Gasteiger partial charge in [-0.1, -0.05) is 96.5 Å². The number of amides is 21. The number of aliphatic hydroxyl groups is 3. The number of carboxylic acid groups (broad SMARTS) is 1. The van der Waals surface area contributed by atoms with Crippen LogP contribution < -0.4 is 114 Å². The molecule has 0 aliphatic carbocycles. The first-order valence-corrected chi connectivity index (χ1v) is 50.6. The topological polar surface area (TPSA) is 832 Å². The smallest absolute Gasteiger partial charge is 0.303 e. The molecule has 0 spiro atoms. The molecular weight excluding hydrogens is 1960 g/mol. The Balaban J connectivity index is 0.944. The van der Waals surface area contributed by atoms with Gasteiger partial charge in [-0.3, -0.25) is 111 Å². The zero-order chi connectivity index (χ0) is 111. The molecule has 53 nitrogen and oxygen atoms in total. The molecule has 32 N–H and O–H groups in total. The molecule has 828 valence electrons. The van der Waals surface area contributed by atoms with Crippen molar-refractivity contribution in [1.29, 1.82) is 5.41 Å². The number of carbonyl (C=O) groups is 22. The molecule has 0 unspecified atom stereocenters. The van der Waals surface area contributed by atoms with E-state index in [-0.39, 0.29) is 141 Å². The summed E-state index contributed by atoms with van der Waals surface area (Å²) in [5.74, 6) is -22.1. The van der Waals surface area contributed by atoms with E-state index in [0.717, 1.165) is 4.90 Å². The molecule has 21 amide bonds. The number of unbranched alkanes of at least 4 members (excludes halogenated alkanes) is 1. The Labute approximate surface area is 867 Å². The Bertz CT molecular complexity index is 5240. The number of guanidine groups is 1. The molecule has 2 aromatic carbocycles. The molecule has 3 aromatic rings. The van der Waals surface area contributed by atoms with Crippen molar-refractivity contribution in [3.63, 3.8) is 0 Å². The molecular formula is C97H149N27O26. The quantitative estimate of drug-likeness (QED) is 0.0142. The van der Waals surface area contributed by atoms with Crippen molar-refractivity contribution < 1.29 is 126 Å². The number of hydrogen-bond acceptors (Lipinski definition) is 28. The summed E-state index contributed by atoms with van der Waals surface area (Å²) in [6.45, 7) is 7.00. The standard InChI is InChI=1S/C97H149N27O26/c1-8-53(6)79(120-89(143)64(41-55-21-10-9-11-22-55)114-87(141)62(39-51(2)3)112-81(135)58(99)24-16-34-104-97(102)103)93(147)111-61(31-32-78(132)133)85(139)115-65(42-56-44-105-59-25-13-12-23-57(56)59)88(142)113-63(40-52(4)5)86(140)110-60(26-14-15-33-98)84(138)116-66(43-74(100)128)82(136)107-45-75(129)106-47-77(131)121-35-17-27-70(121)91(145)119-69(50-127)90(144)118-68(49-126)83(137)108-46-76(130)109-54(7)94(148)123-37-19-29-72(123)96(150)124-38-20-30-73(124)95(149)122-36-18-28-71(122)92(146)117-67(48-125)80(101)134/h9-13,21-23,25,44,51-54,58,60-73,79,105,125-127H,8,14-20,24,26-43,45-50,98-99H2,1-7H3,(H2,100,128)(H2,101,134)(H,106,129)(H,107,136)(H,108,137)(H,109,130)(H,110,140)(H,111,147)(H,112,135)(H,113,142)(H,114,141)(H,115,139)(H,116,138)(H,117,146)(H,118,144)(H,119,145)(H,120,143)(H,132,133)(H4,102,103,104)/t53-,54-,58-,60-,61-,62-,63-,64-,65-,66-,67-,68-,69-,70-,71-,72-,73-,79-/m0/s1. The molecule has 4 saturated heterocycles. The van der Waals surface area contributed by atoms with E-state index in [0.29, 0.717) is 47.7 Å². The van der Waals surface area contributed by atoms with Gasteiger partial charge in [0.2, 0.25) is 124 Å². The maximum Gasteiger partial charge on any atom is 0.303 e.